The maximum Gasteiger partial charge on any atom is 0.251 e. The predicted molar refractivity (Wildman–Crippen MR) is 131 cm³/mol. The van der Waals surface area contributed by atoms with E-state index in [1.807, 2.05) is 24.3 Å². The van der Waals surface area contributed by atoms with Crippen LogP contribution in [0, 0.1) is 0 Å². The van der Waals surface area contributed by atoms with Gasteiger partial charge in [0.1, 0.15) is 0 Å². The lowest BCUT2D eigenvalue weighted by Gasteiger charge is -2.22. The second kappa shape index (κ2) is 12.0. The maximum absolute atomic E-state index is 12.6. The predicted octanol–water partition coefficient (Wildman–Crippen LogP) is 3.82. The molecule has 3 N–H and O–H groups in total. The van der Waals surface area contributed by atoms with Crippen LogP contribution in [-0.4, -0.2) is 49.3 Å². The molecule has 0 saturated heterocycles. The Hall–Kier alpha value is -3.35. The summed E-state index contributed by atoms with van der Waals surface area (Å²) in [7, 11) is 3.50. The molecule has 0 heterocycles. The standard InChI is InChI=1S/C26H34N4O3/c1-30(2)25(32)15-14-19-8-6-12-22(16-19)27-18-24(31)28-23-13-7-9-20(17-23)26(33)29-21-10-4-3-5-11-21/h6-9,12-13,16-17,21,27H,3-5,10-11,14-15,18H2,1-2H3,(H,28,31)(H,29,33). The highest BCUT2D eigenvalue weighted by atomic mass is 16.2. The average molecular weight is 451 g/mol. The van der Waals surface area contributed by atoms with Crippen molar-refractivity contribution >= 4 is 29.1 Å². The van der Waals surface area contributed by atoms with E-state index >= 15 is 0 Å². The zero-order chi connectivity index (χ0) is 23.6. The van der Waals surface area contributed by atoms with Crippen LogP contribution in [0.25, 0.3) is 0 Å². The van der Waals surface area contributed by atoms with E-state index in [1.54, 1.807) is 43.3 Å². The number of carbonyl (C=O) groups excluding carboxylic acids is 3. The molecule has 33 heavy (non-hydrogen) atoms. The molecule has 0 spiro atoms. The zero-order valence-corrected chi connectivity index (χ0v) is 19.5. The van der Waals surface area contributed by atoms with Crippen molar-refractivity contribution in [1.82, 2.24) is 10.2 Å². The molecule has 0 bridgehead atoms. The van der Waals surface area contributed by atoms with Gasteiger partial charge in [-0.15, -0.1) is 0 Å². The van der Waals surface area contributed by atoms with Crippen molar-refractivity contribution in [3.63, 3.8) is 0 Å². The third-order valence-electron chi connectivity index (χ3n) is 5.86. The Bertz CT molecular complexity index is 968. The summed E-state index contributed by atoms with van der Waals surface area (Å²) in [5, 5.41) is 9.07. The second-order valence-corrected chi connectivity index (χ2v) is 8.78. The number of nitrogens with one attached hydrogen (secondary N) is 3. The van der Waals surface area contributed by atoms with Gasteiger partial charge in [-0.1, -0.05) is 37.5 Å². The van der Waals surface area contributed by atoms with Gasteiger partial charge in [-0.25, -0.2) is 0 Å². The van der Waals surface area contributed by atoms with E-state index in [-0.39, 0.29) is 30.3 Å². The molecule has 1 fully saturated rings. The molecule has 0 aliphatic heterocycles. The van der Waals surface area contributed by atoms with E-state index in [2.05, 4.69) is 16.0 Å². The lowest BCUT2D eigenvalue weighted by Crippen LogP contribution is -2.36. The summed E-state index contributed by atoms with van der Waals surface area (Å²) in [4.78, 5) is 38.4. The van der Waals surface area contributed by atoms with Crippen molar-refractivity contribution in [2.24, 2.45) is 0 Å². The summed E-state index contributed by atoms with van der Waals surface area (Å²) < 4.78 is 0. The Morgan fingerprint density at radius 2 is 1.67 bits per heavy atom. The lowest BCUT2D eigenvalue weighted by atomic mass is 9.95. The van der Waals surface area contributed by atoms with Crippen molar-refractivity contribution in [3.8, 4) is 0 Å². The smallest absolute Gasteiger partial charge is 0.251 e. The highest BCUT2D eigenvalue weighted by Crippen LogP contribution is 2.19. The fraction of sp³-hybridized carbons (Fsp3) is 0.423. The summed E-state index contributed by atoms with van der Waals surface area (Å²) in [6.45, 7) is 0.0958. The number of carbonyl (C=O) groups is 3. The van der Waals surface area contributed by atoms with Crippen LogP contribution in [0.5, 0.6) is 0 Å². The van der Waals surface area contributed by atoms with Crippen molar-refractivity contribution in [1.29, 1.82) is 0 Å². The third-order valence-corrected chi connectivity index (χ3v) is 5.86. The van der Waals surface area contributed by atoms with Gasteiger partial charge in [-0.05, 0) is 55.2 Å². The van der Waals surface area contributed by atoms with Gasteiger partial charge in [0.15, 0.2) is 0 Å². The quantitative estimate of drug-likeness (QED) is 0.542. The molecular weight excluding hydrogens is 416 g/mol. The fourth-order valence-corrected chi connectivity index (χ4v) is 3.95. The Morgan fingerprint density at radius 1 is 0.939 bits per heavy atom. The minimum absolute atomic E-state index is 0.0855. The molecule has 7 nitrogen and oxygen atoms in total. The highest BCUT2D eigenvalue weighted by Gasteiger charge is 2.17. The van der Waals surface area contributed by atoms with Crippen LogP contribution in [0.4, 0.5) is 11.4 Å². The molecule has 1 aliphatic rings. The normalized spacial score (nSPS) is 13.8. The van der Waals surface area contributed by atoms with E-state index in [9.17, 15) is 14.4 Å². The van der Waals surface area contributed by atoms with Crippen LogP contribution in [0.15, 0.2) is 48.5 Å². The average Bonchev–Trinajstić information content (AvgIpc) is 2.82. The zero-order valence-electron chi connectivity index (χ0n) is 19.5. The Morgan fingerprint density at radius 3 is 2.42 bits per heavy atom. The minimum Gasteiger partial charge on any atom is -0.376 e. The number of benzene rings is 2. The maximum atomic E-state index is 12.6. The van der Waals surface area contributed by atoms with E-state index < -0.39 is 0 Å². The fourth-order valence-electron chi connectivity index (χ4n) is 3.95. The number of nitrogens with zero attached hydrogens (tertiary/aromatic N) is 1. The minimum atomic E-state index is -0.201. The Balaban J connectivity index is 1.49. The number of hydrogen-bond donors (Lipinski definition) is 3. The molecule has 2 aromatic rings. The Labute approximate surface area is 195 Å². The first kappa shape index (κ1) is 24.3. The number of anilines is 2. The van der Waals surface area contributed by atoms with E-state index in [0.29, 0.717) is 24.1 Å². The number of hydrogen-bond acceptors (Lipinski definition) is 4. The first-order valence-corrected chi connectivity index (χ1v) is 11.6. The van der Waals surface area contributed by atoms with E-state index in [1.165, 1.54) is 6.42 Å². The van der Waals surface area contributed by atoms with Crippen LogP contribution in [-0.2, 0) is 16.0 Å². The van der Waals surface area contributed by atoms with Crippen molar-refractivity contribution in [3.05, 3.63) is 59.7 Å². The van der Waals surface area contributed by atoms with E-state index in [4.69, 9.17) is 0 Å². The summed E-state index contributed by atoms with van der Waals surface area (Å²) in [6.07, 6.45) is 6.71. The largest absolute Gasteiger partial charge is 0.376 e. The SMILES string of the molecule is CN(C)C(=O)CCc1cccc(NCC(=O)Nc2cccc(C(=O)NC3CCCCC3)c2)c1. The molecule has 1 saturated carbocycles. The van der Waals surface area contributed by atoms with Gasteiger partial charge in [0.2, 0.25) is 11.8 Å². The molecule has 0 radical (unpaired) electrons. The first-order valence-electron chi connectivity index (χ1n) is 11.6. The molecule has 0 atom stereocenters. The number of aryl methyl sites for hydroxylation is 1. The molecule has 7 heteroatoms. The summed E-state index contributed by atoms with van der Waals surface area (Å²) in [6, 6.07) is 15.0. The van der Waals surface area contributed by atoms with Gasteiger partial charge >= 0.3 is 0 Å². The number of amides is 3. The van der Waals surface area contributed by atoms with Crippen LogP contribution in [0.2, 0.25) is 0 Å². The summed E-state index contributed by atoms with van der Waals surface area (Å²) >= 11 is 0. The lowest BCUT2D eigenvalue weighted by molar-refractivity contribution is -0.128. The molecule has 0 aromatic heterocycles. The summed E-state index contributed by atoms with van der Waals surface area (Å²) in [5.41, 5.74) is 2.99. The van der Waals surface area contributed by atoms with Gasteiger partial charge in [0.25, 0.3) is 5.91 Å². The summed E-state index contributed by atoms with van der Waals surface area (Å²) in [5.74, 6) is -0.212. The highest BCUT2D eigenvalue weighted by molar-refractivity contribution is 5.98. The molecule has 3 amide bonds. The van der Waals surface area contributed by atoms with Gasteiger partial charge in [-0.3, -0.25) is 14.4 Å². The molecule has 2 aromatic carbocycles. The molecule has 0 unspecified atom stereocenters. The monoisotopic (exact) mass is 450 g/mol. The van der Waals surface area contributed by atoms with E-state index in [0.717, 1.165) is 36.9 Å². The third kappa shape index (κ3) is 7.93. The van der Waals surface area contributed by atoms with Gasteiger partial charge in [0.05, 0.1) is 6.54 Å². The van der Waals surface area contributed by atoms with Crippen LogP contribution in [0.3, 0.4) is 0 Å². The molecular formula is C26H34N4O3. The van der Waals surface area contributed by atoms with Crippen LogP contribution < -0.4 is 16.0 Å². The van der Waals surface area contributed by atoms with Crippen molar-refractivity contribution < 1.29 is 14.4 Å². The van der Waals surface area contributed by atoms with Crippen LogP contribution >= 0.6 is 0 Å². The number of rotatable bonds is 9. The Kier molecular flexibility index (Phi) is 8.87. The molecule has 1 aliphatic carbocycles. The topological polar surface area (TPSA) is 90.5 Å². The first-order chi connectivity index (χ1) is 15.9. The molecule has 176 valence electrons. The van der Waals surface area contributed by atoms with Crippen molar-refractivity contribution in [2.45, 2.75) is 51.0 Å². The van der Waals surface area contributed by atoms with Gasteiger partial charge < -0.3 is 20.9 Å². The molecule has 3 rings (SSSR count). The van der Waals surface area contributed by atoms with Gasteiger partial charge in [0, 0.05) is 43.5 Å². The second-order valence-electron chi connectivity index (χ2n) is 8.78. The van der Waals surface area contributed by atoms with Gasteiger partial charge in [-0.2, -0.15) is 0 Å². The van der Waals surface area contributed by atoms with Crippen LogP contribution in [0.1, 0.15) is 54.4 Å². The van der Waals surface area contributed by atoms with Crippen molar-refractivity contribution in [2.75, 3.05) is 31.3 Å².